The molecule has 1 aliphatic heterocycles. The molecule has 0 aromatic carbocycles. The van der Waals surface area contributed by atoms with Crippen molar-refractivity contribution in [3.05, 3.63) is 0 Å². The van der Waals surface area contributed by atoms with E-state index in [0.717, 1.165) is 12.8 Å². The normalized spacial score (nSPS) is 20.2. The fourth-order valence-electron chi connectivity index (χ4n) is 2.03. The number of rotatable bonds is 7. The summed E-state index contributed by atoms with van der Waals surface area (Å²) in [6, 6.07) is 0. The van der Waals surface area contributed by atoms with Crippen molar-refractivity contribution in [2.24, 2.45) is 5.92 Å². The Morgan fingerprint density at radius 1 is 1.28 bits per heavy atom. The fourth-order valence-corrected chi connectivity index (χ4v) is 3.76. The zero-order chi connectivity index (χ0) is 13.6. The van der Waals surface area contributed by atoms with Crippen molar-refractivity contribution in [2.45, 2.75) is 32.1 Å². The third kappa shape index (κ3) is 4.66. The summed E-state index contributed by atoms with van der Waals surface area (Å²) in [5.41, 5.74) is 0. The molecule has 108 valence electrons. The SMILES string of the molecule is CCC(CC)C(Cl)CNS(=O)(=O)N1CCOCC1. The van der Waals surface area contributed by atoms with Gasteiger partial charge in [-0.15, -0.1) is 11.6 Å². The molecule has 1 fully saturated rings. The summed E-state index contributed by atoms with van der Waals surface area (Å²) >= 11 is 6.22. The number of nitrogens with zero attached hydrogens (tertiary/aromatic N) is 1. The van der Waals surface area contributed by atoms with Gasteiger partial charge in [-0.3, -0.25) is 0 Å². The lowest BCUT2D eigenvalue weighted by Gasteiger charge is -2.27. The molecule has 1 rings (SSSR count). The molecule has 1 unspecified atom stereocenters. The van der Waals surface area contributed by atoms with Gasteiger partial charge >= 0.3 is 0 Å². The van der Waals surface area contributed by atoms with Gasteiger partial charge in [-0.25, -0.2) is 4.72 Å². The van der Waals surface area contributed by atoms with Crippen LogP contribution in [0, 0.1) is 5.92 Å². The molecule has 1 atom stereocenters. The molecule has 0 radical (unpaired) electrons. The molecular weight excluding hydrogens is 276 g/mol. The second-order valence-corrected chi connectivity index (χ2v) is 6.77. The van der Waals surface area contributed by atoms with Crippen LogP contribution in [0.4, 0.5) is 0 Å². The molecule has 0 saturated carbocycles. The minimum absolute atomic E-state index is 0.157. The zero-order valence-electron chi connectivity index (χ0n) is 11.1. The van der Waals surface area contributed by atoms with Gasteiger partial charge in [0.15, 0.2) is 0 Å². The van der Waals surface area contributed by atoms with Gasteiger partial charge in [-0.1, -0.05) is 26.7 Å². The van der Waals surface area contributed by atoms with E-state index in [1.807, 2.05) is 0 Å². The monoisotopic (exact) mass is 298 g/mol. The number of alkyl halides is 1. The Morgan fingerprint density at radius 3 is 2.33 bits per heavy atom. The minimum Gasteiger partial charge on any atom is -0.379 e. The van der Waals surface area contributed by atoms with Crippen LogP contribution in [-0.2, 0) is 14.9 Å². The van der Waals surface area contributed by atoms with Crippen LogP contribution in [-0.4, -0.2) is 50.9 Å². The van der Waals surface area contributed by atoms with E-state index in [1.54, 1.807) is 0 Å². The summed E-state index contributed by atoms with van der Waals surface area (Å²) in [6.45, 7) is 6.16. The summed E-state index contributed by atoms with van der Waals surface area (Å²) in [5.74, 6) is 0.346. The predicted octanol–water partition coefficient (Wildman–Crippen LogP) is 1.20. The molecule has 5 nitrogen and oxygen atoms in total. The highest BCUT2D eigenvalue weighted by molar-refractivity contribution is 7.87. The Bertz CT molecular complexity index is 327. The fraction of sp³-hybridized carbons (Fsp3) is 1.00. The van der Waals surface area contributed by atoms with Gasteiger partial charge < -0.3 is 4.74 Å². The molecule has 7 heteroatoms. The van der Waals surface area contributed by atoms with E-state index in [9.17, 15) is 8.42 Å². The second kappa shape index (κ2) is 7.65. The van der Waals surface area contributed by atoms with Gasteiger partial charge in [0.25, 0.3) is 10.2 Å². The highest BCUT2D eigenvalue weighted by Gasteiger charge is 2.25. The van der Waals surface area contributed by atoms with Gasteiger partial charge in [-0.05, 0) is 5.92 Å². The van der Waals surface area contributed by atoms with Crippen molar-refractivity contribution in [1.29, 1.82) is 0 Å². The van der Waals surface area contributed by atoms with Gasteiger partial charge in [0.1, 0.15) is 0 Å². The first kappa shape index (κ1) is 16.2. The number of ether oxygens (including phenoxy) is 1. The summed E-state index contributed by atoms with van der Waals surface area (Å²) in [7, 11) is -3.41. The first-order chi connectivity index (χ1) is 8.51. The van der Waals surface area contributed by atoms with Crippen LogP contribution in [0.1, 0.15) is 26.7 Å². The molecule has 1 saturated heterocycles. The molecule has 1 heterocycles. The van der Waals surface area contributed by atoms with Crippen LogP contribution in [0.25, 0.3) is 0 Å². The minimum atomic E-state index is -3.41. The first-order valence-corrected chi connectivity index (χ1v) is 8.35. The van der Waals surface area contributed by atoms with Gasteiger partial charge in [0, 0.05) is 25.0 Å². The van der Waals surface area contributed by atoms with Crippen molar-refractivity contribution in [2.75, 3.05) is 32.8 Å². The number of halogens is 1. The summed E-state index contributed by atoms with van der Waals surface area (Å²) in [4.78, 5) is 0. The van der Waals surface area contributed by atoms with Crippen molar-refractivity contribution in [3.8, 4) is 0 Å². The number of hydrogen-bond acceptors (Lipinski definition) is 3. The first-order valence-electron chi connectivity index (χ1n) is 6.47. The van der Waals surface area contributed by atoms with Crippen LogP contribution in [0.2, 0.25) is 0 Å². The molecule has 1 N–H and O–H groups in total. The van der Waals surface area contributed by atoms with E-state index < -0.39 is 10.2 Å². The van der Waals surface area contributed by atoms with E-state index in [4.69, 9.17) is 16.3 Å². The largest absolute Gasteiger partial charge is 0.379 e. The number of nitrogens with one attached hydrogen (secondary N) is 1. The van der Waals surface area contributed by atoms with Crippen molar-refractivity contribution < 1.29 is 13.2 Å². The van der Waals surface area contributed by atoms with E-state index >= 15 is 0 Å². The smallest absolute Gasteiger partial charge is 0.279 e. The Labute approximate surface area is 115 Å². The topological polar surface area (TPSA) is 58.6 Å². The van der Waals surface area contributed by atoms with Crippen molar-refractivity contribution in [3.63, 3.8) is 0 Å². The van der Waals surface area contributed by atoms with Gasteiger partial charge in [0.05, 0.1) is 13.2 Å². The number of hydrogen-bond donors (Lipinski definition) is 1. The molecule has 0 aromatic rings. The molecule has 0 bridgehead atoms. The van der Waals surface area contributed by atoms with Crippen LogP contribution in [0.5, 0.6) is 0 Å². The highest BCUT2D eigenvalue weighted by atomic mass is 35.5. The highest BCUT2D eigenvalue weighted by Crippen LogP contribution is 2.18. The lowest BCUT2D eigenvalue weighted by molar-refractivity contribution is 0.0725. The maximum atomic E-state index is 12.0. The van der Waals surface area contributed by atoms with E-state index in [0.29, 0.717) is 32.2 Å². The summed E-state index contributed by atoms with van der Waals surface area (Å²) in [6.07, 6.45) is 1.92. The average Bonchev–Trinajstić information content (AvgIpc) is 2.39. The summed E-state index contributed by atoms with van der Waals surface area (Å²) < 4.78 is 33.1. The zero-order valence-corrected chi connectivity index (χ0v) is 12.6. The number of morpholine rings is 1. The lowest BCUT2D eigenvalue weighted by Crippen LogP contribution is -2.48. The van der Waals surface area contributed by atoms with Crippen LogP contribution in [0.15, 0.2) is 0 Å². The van der Waals surface area contributed by atoms with Crippen LogP contribution >= 0.6 is 11.6 Å². The third-order valence-electron chi connectivity index (χ3n) is 3.33. The van der Waals surface area contributed by atoms with Gasteiger partial charge in [-0.2, -0.15) is 12.7 Å². The van der Waals surface area contributed by atoms with Crippen molar-refractivity contribution in [1.82, 2.24) is 9.03 Å². The van der Waals surface area contributed by atoms with E-state index in [2.05, 4.69) is 18.6 Å². The van der Waals surface area contributed by atoms with E-state index in [1.165, 1.54) is 4.31 Å². The Hall–Kier alpha value is 0.120. The second-order valence-electron chi connectivity index (χ2n) is 4.46. The summed E-state index contributed by atoms with van der Waals surface area (Å²) in [5, 5.41) is -0.157. The van der Waals surface area contributed by atoms with Crippen LogP contribution in [0.3, 0.4) is 0 Å². The van der Waals surface area contributed by atoms with Crippen LogP contribution < -0.4 is 4.72 Å². The maximum absolute atomic E-state index is 12.0. The molecule has 1 aliphatic rings. The Morgan fingerprint density at radius 2 is 1.83 bits per heavy atom. The van der Waals surface area contributed by atoms with E-state index in [-0.39, 0.29) is 11.9 Å². The molecular formula is C11H23ClN2O3S. The molecule has 0 aliphatic carbocycles. The molecule has 18 heavy (non-hydrogen) atoms. The Kier molecular flexibility index (Phi) is 6.87. The molecule has 0 amide bonds. The third-order valence-corrected chi connectivity index (χ3v) is 5.42. The average molecular weight is 299 g/mol. The van der Waals surface area contributed by atoms with Gasteiger partial charge in [0.2, 0.25) is 0 Å². The van der Waals surface area contributed by atoms with Crippen molar-refractivity contribution >= 4 is 21.8 Å². The predicted molar refractivity (Wildman–Crippen MR) is 73.0 cm³/mol. The maximum Gasteiger partial charge on any atom is 0.279 e. The lowest BCUT2D eigenvalue weighted by atomic mass is 9.99. The quantitative estimate of drug-likeness (QED) is 0.719. The Balaban J connectivity index is 2.45. The standard InChI is InChI=1S/C11H23ClN2O3S/c1-3-10(4-2)11(12)9-13-18(15,16)14-5-7-17-8-6-14/h10-11,13H,3-9H2,1-2H3. The molecule has 0 aromatic heterocycles. The molecule has 0 spiro atoms.